The Morgan fingerprint density at radius 2 is 2.23 bits per heavy atom. The molecule has 0 bridgehead atoms. The van der Waals surface area contributed by atoms with E-state index < -0.39 is 12.7 Å². The minimum atomic E-state index is -4.29. The summed E-state index contributed by atoms with van der Waals surface area (Å²) in [4.78, 5) is 11.9. The van der Waals surface area contributed by atoms with Gasteiger partial charge in [-0.3, -0.25) is 9.48 Å². The van der Waals surface area contributed by atoms with E-state index in [1.807, 2.05) is 13.8 Å². The smallest absolute Gasteiger partial charge is 0.348 e. The zero-order valence-corrected chi connectivity index (χ0v) is 12.9. The second-order valence-electron chi connectivity index (χ2n) is 6.30. The first-order valence-electron chi connectivity index (χ1n) is 7.67. The van der Waals surface area contributed by atoms with Gasteiger partial charge in [-0.25, -0.2) is 0 Å². The average Bonchev–Trinajstić information content (AvgIpc) is 2.77. The van der Waals surface area contributed by atoms with Crippen molar-refractivity contribution in [3.8, 4) is 0 Å². The minimum absolute atomic E-state index is 0.0584. The number of hydrogen-bond donors (Lipinski definition) is 1. The van der Waals surface area contributed by atoms with Gasteiger partial charge in [0.15, 0.2) is 0 Å². The summed E-state index contributed by atoms with van der Waals surface area (Å²) in [6, 6.07) is -0.266. The fraction of sp³-hybridized carbons (Fsp3) is 0.733. The average molecular weight is 317 g/mol. The molecular weight excluding hydrogens is 295 g/mol. The summed E-state index contributed by atoms with van der Waals surface area (Å²) in [6.45, 7) is 3.00. The number of carbonyl (C=O) groups excluding carboxylic acids is 1. The van der Waals surface area contributed by atoms with Crippen LogP contribution in [0.3, 0.4) is 0 Å². The molecule has 0 fully saturated rings. The van der Waals surface area contributed by atoms with Crippen LogP contribution in [0.2, 0.25) is 0 Å². The molecule has 7 heteroatoms. The predicted octanol–water partition coefficient (Wildman–Crippen LogP) is 3.38. The van der Waals surface area contributed by atoms with Crippen LogP contribution in [0, 0.1) is 5.92 Å². The van der Waals surface area contributed by atoms with Gasteiger partial charge in [0.25, 0.3) is 0 Å². The monoisotopic (exact) mass is 317 g/mol. The zero-order valence-electron chi connectivity index (χ0n) is 12.9. The van der Waals surface area contributed by atoms with Crippen LogP contribution >= 0.6 is 0 Å². The molecule has 0 radical (unpaired) electrons. The molecule has 1 aliphatic rings. The third kappa shape index (κ3) is 4.74. The second kappa shape index (κ2) is 6.71. The van der Waals surface area contributed by atoms with Crippen molar-refractivity contribution in [3.05, 3.63) is 17.5 Å². The number of hydrogen-bond acceptors (Lipinski definition) is 2. The summed E-state index contributed by atoms with van der Waals surface area (Å²) in [7, 11) is 0. The van der Waals surface area contributed by atoms with Crippen LogP contribution in [0.15, 0.2) is 6.20 Å². The van der Waals surface area contributed by atoms with Crippen LogP contribution in [0.25, 0.3) is 0 Å². The molecule has 1 aromatic rings. The first-order valence-corrected chi connectivity index (χ1v) is 7.67. The van der Waals surface area contributed by atoms with E-state index in [0.717, 1.165) is 29.5 Å². The van der Waals surface area contributed by atoms with E-state index in [4.69, 9.17) is 0 Å². The fourth-order valence-corrected chi connectivity index (χ4v) is 2.69. The first kappa shape index (κ1) is 16.8. The Labute approximate surface area is 128 Å². The van der Waals surface area contributed by atoms with Crippen molar-refractivity contribution in [2.75, 3.05) is 0 Å². The Kier molecular flexibility index (Phi) is 5.13. The number of nitrogens with zero attached hydrogens (tertiary/aromatic N) is 2. The van der Waals surface area contributed by atoms with Crippen LogP contribution in [0.4, 0.5) is 13.2 Å². The molecule has 1 heterocycles. The van der Waals surface area contributed by atoms with Crippen molar-refractivity contribution in [1.82, 2.24) is 15.1 Å². The maximum atomic E-state index is 12.5. The van der Waals surface area contributed by atoms with Gasteiger partial charge in [-0.15, -0.1) is 0 Å². The van der Waals surface area contributed by atoms with Crippen LogP contribution in [0.1, 0.15) is 56.8 Å². The fourth-order valence-electron chi connectivity index (χ4n) is 2.69. The highest BCUT2D eigenvalue weighted by Gasteiger charge is 2.31. The summed E-state index contributed by atoms with van der Waals surface area (Å²) in [6.07, 6.45) is 0.690. The van der Waals surface area contributed by atoms with E-state index in [0.29, 0.717) is 24.5 Å². The minimum Gasteiger partial charge on any atom is -0.348 e. The normalized spacial score (nSPS) is 18.4. The molecule has 0 aliphatic heterocycles. The van der Waals surface area contributed by atoms with E-state index in [1.54, 1.807) is 0 Å². The maximum absolute atomic E-state index is 12.5. The second-order valence-corrected chi connectivity index (χ2v) is 6.30. The number of fused-ring (bicyclic) bond motifs is 1. The number of amides is 1. The molecule has 0 saturated heterocycles. The molecule has 0 aromatic carbocycles. The molecule has 1 aromatic heterocycles. The molecule has 22 heavy (non-hydrogen) atoms. The van der Waals surface area contributed by atoms with Crippen LogP contribution < -0.4 is 5.32 Å². The third-order valence-corrected chi connectivity index (χ3v) is 3.76. The number of aromatic nitrogens is 2. The molecular formula is C15H22F3N3O. The van der Waals surface area contributed by atoms with Gasteiger partial charge in [0.2, 0.25) is 5.91 Å². The van der Waals surface area contributed by atoms with Gasteiger partial charge in [0, 0.05) is 12.6 Å². The Balaban J connectivity index is 2.03. The van der Waals surface area contributed by atoms with Gasteiger partial charge < -0.3 is 5.32 Å². The molecule has 1 atom stereocenters. The number of alkyl halides is 3. The molecule has 4 nitrogen and oxygen atoms in total. The summed E-state index contributed by atoms with van der Waals surface area (Å²) in [5, 5.41) is 6.96. The van der Waals surface area contributed by atoms with Gasteiger partial charge in [-0.2, -0.15) is 18.3 Å². The SMILES string of the molecule is CC(C)CCC(=O)N[C@H]1CCCc2cn(CC(F)(F)F)nc21. The van der Waals surface area contributed by atoms with E-state index in [1.165, 1.54) is 6.20 Å². The highest BCUT2D eigenvalue weighted by molar-refractivity contribution is 5.76. The standard InChI is InChI=1S/C15H22F3N3O/c1-10(2)6-7-13(22)19-12-5-3-4-11-8-21(20-14(11)12)9-15(16,17)18/h8,10,12H,3-7,9H2,1-2H3,(H,19,22)/t12-/m0/s1. The molecule has 1 amide bonds. The number of aryl methyl sites for hydroxylation is 1. The highest BCUT2D eigenvalue weighted by atomic mass is 19.4. The summed E-state index contributed by atoms with van der Waals surface area (Å²) in [5.41, 5.74) is 1.40. The topological polar surface area (TPSA) is 46.9 Å². The summed E-state index contributed by atoms with van der Waals surface area (Å²) >= 11 is 0. The third-order valence-electron chi connectivity index (χ3n) is 3.76. The Morgan fingerprint density at radius 3 is 2.86 bits per heavy atom. The lowest BCUT2D eigenvalue weighted by molar-refractivity contribution is -0.142. The Hall–Kier alpha value is -1.53. The van der Waals surface area contributed by atoms with Crippen LogP contribution in [0.5, 0.6) is 0 Å². The predicted molar refractivity (Wildman–Crippen MR) is 76.2 cm³/mol. The van der Waals surface area contributed by atoms with Crippen molar-refractivity contribution in [3.63, 3.8) is 0 Å². The molecule has 1 aliphatic carbocycles. The number of carbonyl (C=O) groups is 1. The molecule has 0 spiro atoms. The summed E-state index contributed by atoms with van der Waals surface area (Å²) in [5.74, 6) is 0.385. The van der Waals surface area contributed by atoms with Crippen molar-refractivity contribution in [1.29, 1.82) is 0 Å². The van der Waals surface area contributed by atoms with Crippen LogP contribution in [-0.2, 0) is 17.8 Å². The molecule has 0 saturated carbocycles. The van der Waals surface area contributed by atoms with E-state index in [9.17, 15) is 18.0 Å². The van der Waals surface area contributed by atoms with Crippen molar-refractivity contribution in [2.45, 2.75) is 64.7 Å². The molecule has 0 unspecified atom stereocenters. The molecule has 2 rings (SSSR count). The Bertz CT molecular complexity index is 523. The van der Waals surface area contributed by atoms with Crippen LogP contribution in [-0.4, -0.2) is 21.9 Å². The van der Waals surface area contributed by atoms with E-state index >= 15 is 0 Å². The lowest BCUT2D eigenvalue weighted by Gasteiger charge is -2.22. The van der Waals surface area contributed by atoms with Gasteiger partial charge in [-0.05, 0) is 37.2 Å². The van der Waals surface area contributed by atoms with E-state index in [2.05, 4.69) is 10.4 Å². The quantitative estimate of drug-likeness (QED) is 0.905. The van der Waals surface area contributed by atoms with Crippen molar-refractivity contribution < 1.29 is 18.0 Å². The van der Waals surface area contributed by atoms with Crippen molar-refractivity contribution in [2.24, 2.45) is 5.92 Å². The Morgan fingerprint density at radius 1 is 1.50 bits per heavy atom. The van der Waals surface area contributed by atoms with Gasteiger partial charge in [0.1, 0.15) is 6.54 Å². The molecule has 124 valence electrons. The lowest BCUT2D eigenvalue weighted by Crippen LogP contribution is -2.31. The molecule has 1 N–H and O–H groups in total. The first-order chi connectivity index (χ1) is 10.2. The van der Waals surface area contributed by atoms with E-state index in [-0.39, 0.29) is 11.9 Å². The highest BCUT2D eigenvalue weighted by Crippen LogP contribution is 2.29. The number of rotatable bonds is 5. The summed E-state index contributed by atoms with van der Waals surface area (Å²) < 4.78 is 38.3. The number of nitrogens with one attached hydrogen (secondary N) is 1. The number of halogens is 3. The maximum Gasteiger partial charge on any atom is 0.408 e. The zero-order chi connectivity index (χ0) is 16.3. The van der Waals surface area contributed by atoms with Crippen molar-refractivity contribution >= 4 is 5.91 Å². The van der Waals surface area contributed by atoms with Gasteiger partial charge in [-0.1, -0.05) is 13.8 Å². The van der Waals surface area contributed by atoms with Gasteiger partial charge in [0.05, 0.1) is 11.7 Å². The largest absolute Gasteiger partial charge is 0.408 e. The van der Waals surface area contributed by atoms with Gasteiger partial charge >= 0.3 is 6.18 Å². The lowest BCUT2D eigenvalue weighted by atomic mass is 9.93.